The van der Waals surface area contributed by atoms with Crippen molar-refractivity contribution in [2.24, 2.45) is 0 Å². The summed E-state index contributed by atoms with van der Waals surface area (Å²) in [5.74, 6) is 0.576. The molecule has 30 heavy (non-hydrogen) atoms. The van der Waals surface area contributed by atoms with Crippen LogP contribution >= 0.6 is 0 Å². The van der Waals surface area contributed by atoms with Gasteiger partial charge in [0.2, 0.25) is 5.91 Å². The van der Waals surface area contributed by atoms with Crippen molar-refractivity contribution in [2.75, 3.05) is 45.9 Å². The summed E-state index contributed by atoms with van der Waals surface area (Å²) >= 11 is 0. The van der Waals surface area contributed by atoms with Crippen LogP contribution in [0.4, 0.5) is 4.79 Å². The van der Waals surface area contributed by atoms with Crippen LogP contribution in [-0.4, -0.2) is 90.4 Å². The molecule has 9 nitrogen and oxygen atoms in total. The van der Waals surface area contributed by atoms with Crippen LogP contribution in [0, 0.1) is 0 Å². The van der Waals surface area contributed by atoms with E-state index in [0.29, 0.717) is 30.9 Å². The van der Waals surface area contributed by atoms with Crippen molar-refractivity contribution >= 4 is 24.6 Å². The fourth-order valence-corrected chi connectivity index (χ4v) is 3.01. The van der Waals surface area contributed by atoms with Crippen LogP contribution in [0.5, 0.6) is 5.75 Å². The molecule has 0 bridgehead atoms. The Morgan fingerprint density at radius 3 is 2.30 bits per heavy atom. The van der Waals surface area contributed by atoms with Crippen LogP contribution in [0.15, 0.2) is 24.3 Å². The Balaban J connectivity index is 1.59. The number of alkyl carbamates (subject to hydrolysis) is 1. The van der Waals surface area contributed by atoms with Gasteiger partial charge in [-0.25, -0.2) is 4.79 Å². The number of ether oxygens (including phenoxy) is 2. The molecule has 1 aliphatic heterocycles. The first-order valence-electron chi connectivity index (χ1n) is 10.2. The number of benzene rings is 1. The normalized spacial score (nSPS) is 14.9. The molecule has 10 heteroatoms. The highest BCUT2D eigenvalue weighted by Gasteiger charge is 2.22. The zero-order valence-electron chi connectivity index (χ0n) is 18.0. The van der Waals surface area contributed by atoms with Crippen LogP contribution in [0.3, 0.4) is 0 Å². The first-order chi connectivity index (χ1) is 14.1. The quantitative estimate of drug-likeness (QED) is 0.394. The topological polar surface area (TPSA) is 112 Å². The number of amides is 2. The molecule has 0 atom stereocenters. The van der Waals surface area contributed by atoms with Gasteiger partial charge in [-0.1, -0.05) is 12.1 Å². The number of carbonyl (C=O) groups is 2. The molecule has 0 spiro atoms. The Labute approximate surface area is 178 Å². The lowest BCUT2D eigenvalue weighted by Gasteiger charge is -2.34. The third-order valence-corrected chi connectivity index (χ3v) is 4.57. The van der Waals surface area contributed by atoms with Gasteiger partial charge in [0.1, 0.15) is 17.9 Å². The van der Waals surface area contributed by atoms with Crippen LogP contribution in [0.2, 0.25) is 0 Å². The summed E-state index contributed by atoms with van der Waals surface area (Å²) in [4.78, 5) is 27.9. The van der Waals surface area contributed by atoms with Crippen molar-refractivity contribution in [1.82, 2.24) is 15.1 Å². The minimum Gasteiger partial charge on any atom is -0.494 e. The molecule has 0 saturated carbocycles. The molecule has 0 radical (unpaired) electrons. The number of carbonyl (C=O) groups excluding carboxylic acids is 2. The average Bonchev–Trinajstić information content (AvgIpc) is 2.69. The van der Waals surface area contributed by atoms with Gasteiger partial charge in [0.05, 0.1) is 6.61 Å². The lowest BCUT2D eigenvalue weighted by molar-refractivity contribution is -0.132. The van der Waals surface area contributed by atoms with E-state index in [0.717, 1.165) is 26.1 Å². The lowest BCUT2D eigenvalue weighted by atomic mass is 9.80. The zero-order valence-corrected chi connectivity index (χ0v) is 18.0. The van der Waals surface area contributed by atoms with E-state index in [4.69, 9.17) is 19.5 Å². The van der Waals surface area contributed by atoms with E-state index in [9.17, 15) is 9.59 Å². The average molecular weight is 421 g/mol. The van der Waals surface area contributed by atoms with Gasteiger partial charge >= 0.3 is 13.2 Å². The molecule has 1 saturated heterocycles. The molecule has 1 aliphatic rings. The molecule has 1 aromatic carbocycles. The van der Waals surface area contributed by atoms with E-state index < -0.39 is 18.8 Å². The minimum atomic E-state index is -1.47. The Bertz CT molecular complexity index is 685. The molecular weight excluding hydrogens is 389 g/mol. The Kier molecular flexibility index (Phi) is 8.95. The van der Waals surface area contributed by atoms with Crippen LogP contribution < -0.4 is 15.5 Å². The van der Waals surface area contributed by atoms with Crippen molar-refractivity contribution in [3.05, 3.63) is 24.3 Å². The van der Waals surface area contributed by atoms with E-state index in [1.807, 2.05) is 0 Å². The largest absolute Gasteiger partial charge is 0.494 e. The number of rotatable bonds is 8. The van der Waals surface area contributed by atoms with Crippen molar-refractivity contribution in [1.29, 1.82) is 0 Å². The van der Waals surface area contributed by atoms with E-state index >= 15 is 0 Å². The molecule has 1 aromatic rings. The SMILES string of the molecule is CC(C)(C)OC(=O)NCC(=O)N1CCN(CCCOc2ccc(B(O)O)cc2)CC1. The van der Waals surface area contributed by atoms with Gasteiger partial charge in [0, 0.05) is 32.7 Å². The third-order valence-electron chi connectivity index (χ3n) is 4.57. The Morgan fingerprint density at radius 1 is 1.10 bits per heavy atom. The highest BCUT2D eigenvalue weighted by atomic mass is 16.6. The lowest BCUT2D eigenvalue weighted by Crippen LogP contribution is -2.51. The molecular formula is C20H32BN3O6. The first-order valence-corrected chi connectivity index (χ1v) is 10.2. The highest BCUT2D eigenvalue weighted by molar-refractivity contribution is 6.58. The number of piperazine rings is 1. The van der Waals surface area contributed by atoms with Crippen LogP contribution in [-0.2, 0) is 9.53 Å². The zero-order chi connectivity index (χ0) is 22.1. The predicted molar refractivity (Wildman–Crippen MR) is 114 cm³/mol. The second-order valence-corrected chi connectivity index (χ2v) is 8.22. The van der Waals surface area contributed by atoms with Gasteiger partial charge < -0.3 is 29.7 Å². The summed E-state index contributed by atoms with van der Waals surface area (Å²) < 4.78 is 10.8. The summed E-state index contributed by atoms with van der Waals surface area (Å²) in [6.45, 7) is 9.49. The molecule has 166 valence electrons. The maximum absolute atomic E-state index is 12.2. The molecule has 0 aliphatic carbocycles. The van der Waals surface area contributed by atoms with Gasteiger partial charge in [-0.3, -0.25) is 9.69 Å². The van der Waals surface area contributed by atoms with Crippen LogP contribution in [0.1, 0.15) is 27.2 Å². The standard InChI is InChI=1S/C20H32BN3O6/c1-20(2,3)30-19(26)22-15-18(25)24-12-10-23(11-13-24)9-4-14-29-17-7-5-16(6-8-17)21(27)28/h5-8,27-28H,4,9-15H2,1-3H3,(H,22,26). The number of hydrogen-bond donors (Lipinski definition) is 3. The van der Waals surface area contributed by atoms with Gasteiger partial charge in [0.15, 0.2) is 0 Å². The van der Waals surface area contributed by atoms with Gasteiger partial charge in [-0.05, 0) is 44.8 Å². The molecule has 2 amide bonds. The smallest absolute Gasteiger partial charge is 0.488 e. The van der Waals surface area contributed by atoms with E-state index in [-0.39, 0.29) is 12.5 Å². The first kappa shape index (κ1) is 24.0. The fourth-order valence-electron chi connectivity index (χ4n) is 3.01. The van der Waals surface area contributed by atoms with Crippen molar-refractivity contribution in [3.8, 4) is 5.75 Å². The van der Waals surface area contributed by atoms with Gasteiger partial charge in [-0.2, -0.15) is 0 Å². The third kappa shape index (κ3) is 8.60. The molecule has 0 aromatic heterocycles. The summed E-state index contributed by atoms with van der Waals surface area (Å²) in [6, 6.07) is 6.66. The number of hydrogen-bond acceptors (Lipinski definition) is 7. The summed E-state index contributed by atoms with van der Waals surface area (Å²) in [6.07, 6.45) is 0.259. The van der Waals surface area contributed by atoms with Gasteiger partial charge in [0.25, 0.3) is 0 Å². The molecule has 1 heterocycles. The summed E-state index contributed by atoms with van der Waals surface area (Å²) in [5.41, 5.74) is -0.163. The summed E-state index contributed by atoms with van der Waals surface area (Å²) in [7, 11) is -1.47. The van der Waals surface area contributed by atoms with E-state index in [1.54, 1.807) is 49.9 Å². The Hall–Kier alpha value is -2.30. The number of nitrogens with one attached hydrogen (secondary N) is 1. The van der Waals surface area contributed by atoms with Gasteiger partial charge in [-0.15, -0.1) is 0 Å². The number of nitrogens with zero attached hydrogens (tertiary/aromatic N) is 2. The summed E-state index contributed by atoms with van der Waals surface area (Å²) in [5, 5.41) is 20.7. The second-order valence-electron chi connectivity index (χ2n) is 8.22. The van der Waals surface area contributed by atoms with E-state index in [1.165, 1.54) is 0 Å². The maximum atomic E-state index is 12.2. The molecule has 2 rings (SSSR count). The minimum absolute atomic E-state index is 0.0607. The highest BCUT2D eigenvalue weighted by Crippen LogP contribution is 2.09. The Morgan fingerprint density at radius 2 is 1.73 bits per heavy atom. The second kappa shape index (κ2) is 11.2. The predicted octanol–water partition coefficient (Wildman–Crippen LogP) is -0.196. The molecule has 0 unspecified atom stereocenters. The monoisotopic (exact) mass is 421 g/mol. The van der Waals surface area contributed by atoms with Crippen molar-refractivity contribution < 1.29 is 29.1 Å². The molecule has 1 fully saturated rings. The fraction of sp³-hybridized carbons (Fsp3) is 0.600. The maximum Gasteiger partial charge on any atom is 0.488 e. The van der Waals surface area contributed by atoms with Crippen molar-refractivity contribution in [2.45, 2.75) is 32.8 Å². The van der Waals surface area contributed by atoms with Crippen molar-refractivity contribution in [3.63, 3.8) is 0 Å². The van der Waals surface area contributed by atoms with Crippen LogP contribution in [0.25, 0.3) is 0 Å². The van der Waals surface area contributed by atoms with E-state index in [2.05, 4.69) is 10.2 Å². The molecule has 3 N–H and O–H groups in total.